The largest absolute Gasteiger partial charge is 0.444 e. The van der Waals surface area contributed by atoms with Crippen molar-refractivity contribution < 1.29 is 4.42 Å². The zero-order chi connectivity index (χ0) is 13.1. The SMILES string of the molecule is Cc1ccc(C(C)NCc2nc(C)c(C)o2)cc1. The van der Waals surface area contributed by atoms with Crippen molar-refractivity contribution in [3.05, 3.63) is 52.7 Å². The first-order valence-corrected chi connectivity index (χ1v) is 6.29. The molecule has 2 rings (SSSR count). The van der Waals surface area contributed by atoms with Crippen LogP contribution in [0.4, 0.5) is 0 Å². The molecule has 1 atom stereocenters. The summed E-state index contributed by atoms with van der Waals surface area (Å²) in [6, 6.07) is 8.86. The zero-order valence-electron chi connectivity index (χ0n) is 11.4. The second kappa shape index (κ2) is 5.36. The Hall–Kier alpha value is -1.61. The molecular weight excluding hydrogens is 224 g/mol. The summed E-state index contributed by atoms with van der Waals surface area (Å²) in [4.78, 5) is 4.36. The predicted octanol–water partition coefficient (Wildman–Crippen LogP) is 3.45. The number of rotatable bonds is 4. The molecule has 0 amide bonds. The van der Waals surface area contributed by atoms with Gasteiger partial charge in [0.25, 0.3) is 0 Å². The van der Waals surface area contributed by atoms with Crippen LogP contribution in [0.3, 0.4) is 0 Å². The van der Waals surface area contributed by atoms with Crippen molar-refractivity contribution in [2.75, 3.05) is 0 Å². The van der Waals surface area contributed by atoms with E-state index in [2.05, 4.69) is 48.4 Å². The molecule has 1 aromatic heterocycles. The molecule has 0 bridgehead atoms. The van der Waals surface area contributed by atoms with E-state index in [0.717, 1.165) is 17.3 Å². The molecule has 1 aromatic carbocycles. The van der Waals surface area contributed by atoms with E-state index in [9.17, 15) is 0 Å². The van der Waals surface area contributed by atoms with Gasteiger partial charge >= 0.3 is 0 Å². The third kappa shape index (κ3) is 2.99. The van der Waals surface area contributed by atoms with E-state index in [1.54, 1.807) is 0 Å². The van der Waals surface area contributed by atoms with E-state index >= 15 is 0 Å². The van der Waals surface area contributed by atoms with Crippen molar-refractivity contribution in [1.82, 2.24) is 10.3 Å². The molecule has 18 heavy (non-hydrogen) atoms. The van der Waals surface area contributed by atoms with E-state index in [4.69, 9.17) is 4.42 Å². The summed E-state index contributed by atoms with van der Waals surface area (Å²) in [5.74, 6) is 1.65. The van der Waals surface area contributed by atoms with Crippen LogP contribution in [0, 0.1) is 20.8 Å². The third-order valence-corrected chi connectivity index (χ3v) is 3.21. The van der Waals surface area contributed by atoms with Gasteiger partial charge in [0.2, 0.25) is 5.89 Å². The fourth-order valence-electron chi connectivity index (χ4n) is 1.83. The Labute approximate surface area is 108 Å². The average Bonchev–Trinajstić information content (AvgIpc) is 2.67. The van der Waals surface area contributed by atoms with Gasteiger partial charge in [-0.05, 0) is 33.3 Å². The van der Waals surface area contributed by atoms with Crippen molar-refractivity contribution in [1.29, 1.82) is 0 Å². The highest BCUT2D eigenvalue weighted by atomic mass is 16.4. The molecule has 3 heteroatoms. The van der Waals surface area contributed by atoms with Crippen LogP contribution in [0.2, 0.25) is 0 Å². The van der Waals surface area contributed by atoms with Gasteiger partial charge in [0.1, 0.15) is 5.76 Å². The Morgan fingerprint density at radius 2 is 1.83 bits per heavy atom. The lowest BCUT2D eigenvalue weighted by Gasteiger charge is -2.13. The molecule has 0 saturated carbocycles. The molecule has 0 aliphatic carbocycles. The Bertz CT molecular complexity index is 494. The van der Waals surface area contributed by atoms with Crippen LogP contribution < -0.4 is 5.32 Å². The van der Waals surface area contributed by atoms with E-state index < -0.39 is 0 Å². The number of aromatic nitrogens is 1. The van der Waals surface area contributed by atoms with Gasteiger partial charge in [-0.1, -0.05) is 29.8 Å². The van der Waals surface area contributed by atoms with Gasteiger partial charge < -0.3 is 9.73 Å². The number of nitrogens with zero attached hydrogens (tertiary/aromatic N) is 1. The summed E-state index contributed by atoms with van der Waals surface area (Å²) in [6.07, 6.45) is 0. The average molecular weight is 244 g/mol. The number of nitrogens with one attached hydrogen (secondary N) is 1. The second-order valence-electron chi connectivity index (χ2n) is 4.76. The van der Waals surface area contributed by atoms with Crippen molar-refractivity contribution in [3.8, 4) is 0 Å². The second-order valence-corrected chi connectivity index (χ2v) is 4.76. The van der Waals surface area contributed by atoms with Gasteiger partial charge in [0.15, 0.2) is 0 Å². The molecule has 1 N–H and O–H groups in total. The predicted molar refractivity (Wildman–Crippen MR) is 72.4 cm³/mol. The molecule has 0 fully saturated rings. The molecular formula is C15H20N2O. The van der Waals surface area contributed by atoms with Crippen molar-refractivity contribution in [3.63, 3.8) is 0 Å². The van der Waals surface area contributed by atoms with Crippen LogP contribution in [0.25, 0.3) is 0 Å². The van der Waals surface area contributed by atoms with Crippen molar-refractivity contribution >= 4 is 0 Å². The quantitative estimate of drug-likeness (QED) is 0.895. The first kappa shape index (κ1) is 12.8. The first-order chi connectivity index (χ1) is 8.56. The van der Waals surface area contributed by atoms with E-state index in [1.165, 1.54) is 11.1 Å². The molecule has 1 heterocycles. The monoisotopic (exact) mass is 244 g/mol. The fraction of sp³-hybridized carbons (Fsp3) is 0.400. The van der Waals surface area contributed by atoms with Gasteiger partial charge in [-0.2, -0.15) is 0 Å². The summed E-state index contributed by atoms with van der Waals surface area (Å²) in [5.41, 5.74) is 3.53. The lowest BCUT2D eigenvalue weighted by atomic mass is 10.1. The van der Waals surface area contributed by atoms with Crippen LogP contribution in [0.5, 0.6) is 0 Å². The molecule has 0 aliphatic rings. The Morgan fingerprint density at radius 1 is 1.17 bits per heavy atom. The standard InChI is InChI=1S/C15H20N2O/c1-10-5-7-14(8-6-10)12(3)16-9-15-17-11(2)13(4)18-15/h5-8,12,16H,9H2,1-4H3. The summed E-state index contributed by atoms with van der Waals surface area (Å²) >= 11 is 0. The van der Waals surface area contributed by atoms with E-state index in [0.29, 0.717) is 6.54 Å². The molecule has 3 nitrogen and oxygen atoms in total. The molecule has 1 unspecified atom stereocenters. The summed E-state index contributed by atoms with van der Waals surface area (Å²) in [7, 11) is 0. The van der Waals surface area contributed by atoms with Crippen LogP contribution in [-0.2, 0) is 6.54 Å². The minimum Gasteiger partial charge on any atom is -0.444 e. The van der Waals surface area contributed by atoms with Gasteiger partial charge in [-0.25, -0.2) is 4.98 Å². The fourth-order valence-corrected chi connectivity index (χ4v) is 1.83. The number of hydrogen-bond acceptors (Lipinski definition) is 3. The molecule has 0 saturated heterocycles. The highest BCUT2D eigenvalue weighted by Crippen LogP contribution is 2.14. The number of hydrogen-bond donors (Lipinski definition) is 1. The molecule has 0 aliphatic heterocycles. The molecule has 96 valence electrons. The van der Waals surface area contributed by atoms with Gasteiger partial charge in [-0.3, -0.25) is 0 Å². The summed E-state index contributed by atoms with van der Waals surface area (Å²) in [6.45, 7) is 8.80. The lowest BCUT2D eigenvalue weighted by molar-refractivity contribution is 0.432. The van der Waals surface area contributed by atoms with Crippen molar-refractivity contribution in [2.45, 2.75) is 40.3 Å². The normalized spacial score (nSPS) is 12.7. The van der Waals surface area contributed by atoms with Crippen LogP contribution in [0.15, 0.2) is 28.7 Å². The summed E-state index contributed by atoms with van der Waals surface area (Å²) < 4.78 is 5.55. The maximum absolute atomic E-state index is 5.55. The van der Waals surface area contributed by atoms with Gasteiger partial charge in [0.05, 0.1) is 12.2 Å². The van der Waals surface area contributed by atoms with Crippen LogP contribution in [0.1, 0.15) is 41.4 Å². The molecule has 0 spiro atoms. The number of aryl methyl sites for hydroxylation is 3. The Balaban J connectivity index is 1.95. The Kier molecular flexibility index (Phi) is 3.82. The van der Waals surface area contributed by atoms with Gasteiger partial charge in [0, 0.05) is 6.04 Å². The summed E-state index contributed by atoms with van der Waals surface area (Å²) in [5, 5.41) is 3.42. The highest BCUT2D eigenvalue weighted by molar-refractivity contribution is 5.23. The molecule has 2 aromatic rings. The maximum Gasteiger partial charge on any atom is 0.208 e. The van der Waals surface area contributed by atoms with Crippen LogP contribution in [-0.4, -0.2) is 4.98 Å². The van der Waals surface area contributed by atoms with Crippen molar-refractivity contribution in [2.24, 2.45) is 0 Å². The smallest absolute Gasteiger partial charge is 0.208 e. The highest BCUT2D eigenvalue weighted by Gasteiger charge is 2.08. The minimum absolute atomic E-state index is 0.290. The van der Waals surface area contributed by atoms with Crippen LogP contribution >= 0.6 is 0 Å². The number of benzene rings is 1. The lowest BCUT2D eigenvalue weighted by Crippen LogP contribution is -2.18. The first-order valence-electron chi connectivity index (χ1n) is 6.29. The Morgan fingerprint density at radius 3 is 2.39 bits per heavy atom. The third-order valence-electron chi connectivity index (χ3n) is 3.21. The van der Waals surface area contributed by atoms with E-state index in [-0.39, 0.29) is 6.04 Å². The molecule has 0 radical (unpaired) electrons. The van der Waals surface area contributed by atoms with Gasteiger partial charge in [-0.15, -0.1) is 0 Å². The topological polar surface area (TPSA) is 38.1 Å². The maximum atomic E-state index is 5.55. The number of oxazole rings is 1. The zero-order valence-corrected chi connectivity index (χ0v) is 11.4. The minimum atomic E-state index is 0.290. The van der Waals surface area contributed by atoms with E-state index in [1.807, 2.05) is 13.8 Å².